The molecule has 0 aromatic carbocycles. The van der Waals surface area contributed by atoms with Crippen LogP contribution in [0.2, 0.25) is 0 Å². The Morgan fingerprint density at radius 1 is 1.56 bits per heavy atom. The average molecular weight is 313 g/mol. The summed E-state index contributed by atoms with van der Waals surface area (Å²) in [5, 5.41) is 11.0. The van der Waals surface area contributed by atoms with Crippen molar-refractivity contribution in [3.63, 3.8) is 0 Å². The first kappa shape index (κ1) is 12.8. The normalized spacial score (nSPS) is 10.9. The molecular formula is C11H13BrN4O2. The molecule has 2 heterocycles. The van der Waals surface area contributed by atoms with Gasteiger partial charge >= 0.3 is 0 Å². The summed E-state index contributed by atoms with van der Waals surface area (Å²) in [5.41, 5.74) is 1.24. The molecule has 0 bridgehead atoms. The lowest BCUT2D eigenvalue weighted by Crippen LogP contribution is -2.26. The van der Waals surface area contributed by atoms with Crippen molar-refractivity contribution in [1.29, 1.82) is 0 Å². The summed E-state index contributed by atoms with van der Waals surface area (Å²) in [6.07, 6.45) is 3.12. The molecular weight excluding hydrogens is 300 g/mol. The smallest absolute Gasteiger partial charge is 0.283 e. The highest BCUT2D eigenvalue weighted by atomic mass is 79.9. The molecule has 0 aliphatic carbocycles. The maximum absolute atomic E-state index is 12.0. The van der Waals surface area contributed by atoms with E-state index < -0.39 is 0 Å². The molecule has 0 aliphatic heterocycles. The standard InChI is InChI=1S/C11H13BrN4O2/c1-7(2)16-11(17)10(12)9(6-14-16)13-5-8-3-4-18-15-8/h3-4,6-7,13H,5H2,1-2H3. The van der Waals surface area contributed by atoms with E-state index in [0.717, 1.165) is 5.69 Å². The Balaban J connectivity index is 2.20. The number of rotatable bonds is 4. The SMILES string of the molecule is CC(C)n1ncc(NCc2ccon2)c(Br)c1=O. The van der Waals surface area contributed by atoms with Gasteiger partial charge in [0.1, 0.15) is 16.4 Å². The number of halogens is 1. The van der Waals surface area contributed by atoms with Crippen LogP contribution in [0.15, 0.2) is 32.3 Å². The lowest BCUT2D eigenvalue weighted by molar-refractivity contribution is 0.412. The molecule has 0 unspecified atom stereocenters. The Labute approximate surface area is 112 Å². The zero-order valence-corrected chi connectivity index (χ0v) is 11.6. The van der Waals surface area contributed by atoms with E-state index in [1.165, 1.54) is 10.9 Å². The fourth-order valence-corrected chi connectivity index (χ4v) is 1.87. The molecule has 2 aromatic heterocycles. The zero-order chi connectivity index (χ0) is 13.1. The molecule has 0 radical (unpaired) electrons. The van der Waals surface area contributed by atoms with E-state index >= 15 is 0 Å². The minimum Gasteiger partial charge on any atom is -0.377 e. The Morgan fingerprint density at radius 2 is 2.33 bits per heavy atom. The molecule has 0 saturated carbocycles. The van der Waals surface area contributed by atoms with Gasteiger partial charge in [0.25, 0.3) is 5.56 Å². The molecule has 18 heavy (non-hydrogen) atoms. The molecule has 6 nitrogen and oxygen atoms in total. The number of hydrogen-bond donors (Lipinski definition) is 1. The largest absolute Gasteiger partial charge is 0.377 e. The predicted octanol–water partition coefficient (Wildman–Crippen LogP) is 2.19. The first-order chi connectivity index (χ1) is 8.59. The van der Waals surface area contributed by atoms with E-state index in [-0.39, 0.29) is 11.6 Å². The Kier molecular flexibility index (Phi) is 3.81. The van der Waals surface area contributed by atoms with Gasteiger partial charge in [-0.05, 0) is 29.8 Å². The molecule has 0 amide bonds. The Bertz CT molecular complexity index is 577. The Hall–Kier alpha value is -1.63. The predicted molar refractivity (Wildman–Crippen MR) is 70.4 cm³/mol. The molecule has 0 saturated heterocycles. The highest BCUT2D eigenvalue weighted by molar-refractivity contribution is 9.10. The van der Waals surface area contributed by atoms with Crippen LogP contribution in [0, 0.1) is 0 Å². The van der Waals surface area contributed by atoms with Gasteiger partial charge in [-0.15, -0.1) is 0 Å². The van der Waals surface area contributed by atoms with Crippen LogP contribution in [0.5, 0.6) is 0 Å². The minimum absolute atomic E-state index is 0.0263. The second kappa shape index (κ2) is 5.34. The fraction of sp³-hybridized carbons (Fsp3) is 0.364. The van der Waals surface area contributed by atoms with Gasteiger partial charge in [-0.3, -0.25) is 4.79 Å². The van der Waals surface area contributed by atoms with Gasteiger partial charge in [0.05, 0.1) is 24.5 Å². The lowest BCUT2D eigenvalue weighted by atomic mass is 10.3. The fourth-order valence-electron chi connectivity index (χ4n) is 1.45. The summed E-state index contributed by atoms with van der Waals surface area (Å²) in [6, 6.07) is 1.78. The number of anilines is 1. The van der Waals surface area contributed by atoms with Gasteiger partial charge in [-0.25, -0.2) is 4.68 Å². The minimum atomic E-state index is -0.157. The van der Waals surface area contributed by atoms with E-state index in [4.69, 9.17) is 4.52 Å². The molecule has 2 aromatic rings. The second-order valence-corrected chi connectivity index (χ2v) is 4.85. The molecule has 0 atom stereocenters. The van der Waals surface area contributed by atoms with Crippen LogP contribution in [0.3, 0.4) is 0 Å². The van der Waals surface area contributed by atoms with Gasteiger partial charge in [-0.1, -0.05) is 5.16 Å². The summed E-state index contributed by atoms with van der Waals surface area (Å²) in [4.78, 5) is 12.0. The van der Waals surface area contributed by atoms with Crippen molar-refractivity contribution in [2.24, 2.45) is 0 Å². The van der Waals surface area contributed by atoms with Crippen molar-refractivity contribution in [2.45, 2.75) is 26.4 Å². The maximum atomic E-state index is 12.0. The summed E-state index contributed by atoms with van der Waals surface area (Å²) in [7, 11) is 0. The van der Waals surface area contributed by atoms with Crippen LogP contribution in [0.25, 0.3) is 0 Å². The molecule has 0 spiro atoms. The quantitative estimate of drug-likeness (QED) is 0.936. The molecule has 2 rings (SSSR count). The summed E-state index contributed by atoms with van der Waals surface area (Å²) >= 11 is 3.28. The van der Waals surface area contributed by atoms with E-state index in [0.29, 0.717) is 16.7 Å². The topological polar surface area (TPSA) is 73.0 Å². The number of aromatic nitrogens is 3. The summed E-state index contributed by atoms with van der Waals surface area (Å²) in [5.74, 6) is 0. The highest BCUT2D eigenvalue weighted by Crippen LogP contribution is 2.17. The second-order valence-electron chi connectivity index (χ2n) is 4.06. The van der Waals surface area contributed by atoms with Crippen LogP contribution in [-0.2, 0) is 6.54 Å². The third-order valence-electron chi connectivity index (χ3n) is 2.38. The Morgan fingerprint density at radius 3 is 2.94 bits per heavy atom. The first-order valence-electron chi connectivity index (χ1n) is 5.50. The van der Waals surface area contributed by atoms with Crippen LogP contribution < -0.4 is 10.9 Å². The summed E-state index contributed by atoms with van der Waals surface area (Å²) in [6.45, 7) is 4.29. The number of nitrogens with zero attached hydrogens (tertiary/aromatic N) is 3. The van der Waals surface area contributed by atoms with Crippen LogP contribution in [0.1, 0.15) is 25.6 Å². The highest BCUT2D eigenvalue weighted by Gasteiger charge is 2.10. The van der Waals surface area contributed by atoms with Crippen molar-refractivity contribution in [3.8, 4) is 0 Å². The average Bonchev–Trinajstić information content (AvgIpc) is 2.83. The van der Waals surface area contributed by atoms with E-state index in [9.17, 15) is 4.79 Å². The van der Waals surface area contributed by atoms with Crippen molar-refractivity contribution >= 4 is 21.6 Å². The zero-order valence-electron chi connectivity index (χ0n) is 10.1. The van der Waals surface area contributed by atoms with Gasteiger partial charge in [0, 0.05) is 6.07 Å². The third-order valence-corrected chi connectivity index (χ3v) is 3.15. The van der Waals surface area contributed by atoms with Crippen LogP contribution in [-0.4, -0.2) is 14.9 Å². The van der Waals surface area contributed by atoms with Crippen molar-refractivity contribution in [3.05, 3.63) is 39.0 Å². The molecule has 0 fully saturated rings. The monoisotopic (exact) mass is 312 g/mol. The van der Waals surface area contributed by atoms with Crippen molar-refractivity contribution in [2.75, 3.05) is 5.32 Å². The molecule has 0 aliphatic rings. The van der Waals surface area contributed by atoms with Crippen LogP contribution >= 0.6 is 15.9 Å². The molecule has 1 N–H and O–H groups in total. The van der Waals surface area contributed by atoms with Gasteiger partial charge in [0.15, 0.2) is 0 Å². The molecule has 96 valence electrons. The van der Waals surface area contributed by atoms with Crippen molar-refractivity contribution in [1.82, 2.24) is 14.9 Å². The lowest BCUT2D eigenvalue weighted by Gasteiger charge is -2.11. The maximum Gasteiger partial charge on any atom is 0.283 e. The molecule has 7 heteroatoms. The van der Waals surface area contributed by atoms with Crippen molar-refractivity contribution < 1.29 is 4.52 Å². The first-order valence-corrected chi connectivity index (χ1v) is 6.29. The number of hydrogen-bond acceptors (Lipinski definition) is 5. The van der Waals surface area contributed by atoms with Gasteiger partial charge < -0.3 is 9.84 Å². The van der Waals surface area contributed by atoms with E-state index in [1.807, 2.05) is 13.8 Å². The van der Waals surface area contributed by atoms with Gasteiger partial charge in [0.2, 0.25) is 0 Å². The van der Waals surface area contributed by atoms with Crippen LogP contribution in [0.4, 0.5) is 5.69 Å². The third kappa shape index (κ3) is 2.61. The van der Waals surface area contributed by atoms with E-state index in [1.54, 1.807) is 12.3 Å². The van der Waals surface area contributed by atoms with E-state index in [2.05, 4.69) is 31.5 Å². The summed E-state index contributed by atoms with van der Waals surface area (Å²) < 4.78 is 6.61. The number of nitrogens with one attached hydrogen (secondary N) is 1. The van der Waals surface area contributed by atoms with Gasteiger partial charge in [-0.2, -0.15) is 5.10 Å².